The Morgan fingerprint density at radius 1 is 1.21 bits per heavy atom. The number of nitrogen functional groups attached to an aromatic ring is 1. The van der Waals surface area contributed by atoms with Crippen molar-refractivity contribution < 1.29 is 9.47 Å². The molecule has 0 radical (unpaired) electrons. The van der Waals surface area contributed by atoms with Gasteiger partial charge in [0.1, 0.15) is 11.5 Å². The van der Waals surface area contributed by atoms with Gasteiger partial charge in [-0.15, -0.1) is 0 Å². The van der Waals surface area contributed by atoms with Crippen molar-refractivity contribution in [1.82, 2.24) is 9.97 Å². The zero-order valence-corrected chi connectivity index (χ0v) is 12.4. The smallest absolute Gasteiger partial charge is 0.242 e. The molecule has 6 nitrogen and oxygen atoms in total. The summed E-state index contributed by atoms with van der Waals surface area (Å²) >= 11 is 0. The SMILES string of the molecule is COCCCNc1nc(C(C)(C)C)nc(OC)c1N. The molecule has 108 valence electrons. The number of ether oxygens (including phenoxy) is 2. The molecule has 0 atom stereocenters. The van der Waals surface area contributed by atoms with E-state index in [1.54, 1.807) is 14.2 Å². The van der Waals surface area contributed by atoms with Gasteiger partial charge in [-0.3, -0.25) is 0 Å². The lowest BCUT2D eigenvalue weighted by Gasteiger charge is -2.20. The lowest BCUT2D eigenvalue weighted by Crippen LogP contribution is -2.19. The first-order valence-corrected chi connectivity index (χ1v) is 6.35. The van der Waals surface area contributed by atoms with Gasteiger partial charge in [-0.2, -0.15) is 4.98 Å². The van der Waals surface area contributed by atoms with E-state index in [0.29, 0.717) is 29.8 Å². The maximum absolute atomic E-state index is 5.98. The van der Waals surface area contributed by atoms with Gasteiger partial charge in [-0.1, -0.05) is 20.8 Å². The Morgan fingerprint density at radius 2 is 1.89 bits per heavy atom. The van der Waals surface area contributed by atoms with Crippen molar-refractivity contribution in [1.29, 1.82) is 0 Å². The van der Waals surface area contributed by atoms with Crippen LogP contribution in [0.25, 0.3) is 0 Å². The van der Waals surface area contributed by atoms with E-state index in [-0.39, 0.29) is 5.41 Å². The third-order valence-corrected chi connectivity index (χ3v) is 2.59. The topological polar surface area (TPSA) is 82.3 Å². The van der Waals surface area contributed by atoms with E-state index in [2.05, 4.69) is 15.3 Å². The molecule has 3 N–H and O–H groups in total. The Hall–Kier alpha value is -1.56. The molecule has 19 heavy (non-hydrogen) atoms. The van der Waals surface area contributed by atoms with Crippen molar-refractivity contribution in [3.63, 3.8) is 0 Å². The summed E-state index contributed by atoms with van der Waals surface area (Å²) < 4.78 is 10.2. The highest BCUT2D eigenvalue weighted by Crippen LogP contribution is 2.29. The fourth-order valence-corrected chi connectivity index (χ4v) is 1.50. The van der Waals surface area contributed by atoms with Crippen LogP contribution in [0.15, 0.2) is 0 Å². The summed E-state index contributed by atoms with van der Waals surface area (Å²) in [7, 11) is 3.24. The van der Waals surface area contributed by atoms with Crippen LogP contribution in [0, 0.1) is 0 Å². The quantitative estimate of drug-likeness (QED) is 0.766. The van der Waals surface area contributed by atoms with Crippen molar-refractivity contribution in [2.45, 2.75) is 32.6 Å². The van der Waals surface area contributed by atoms with E-state index in [1.807, 2.05) is 20.8 Å². The molecular formula is C13H24N4O2. The summed E-state index contributed by atoms with van der Waals surface area (Å²) in [5, 5.41) is 3.20. The molecule has 1 rings (SSSR count). The standard InChI is InChI=1S/C13H24N4O2/c1-13(2,3)12-16-10(15-7-6-8-18-4)9(14)11(17-12)19-5/h6-8,14H2,1-5H3,(H,15,16,17). The van der Waals surface area contributed by atoms with Crippen LogP contribution in [0.4, 0.5) is 11.5 Å². The van der Waals surface area contributed by atoms with Gasteiger partial charge in [-0.05, 0) is 6.42 Å². The maximum atomic E-state index is 5.98. The Labute approximate surface area is 114 Å². The van der Waals surface area contributed by atoms with E-state index in [4.69, 9.17) is 15.2 Å². The molecule has 0 fully saturated rings. The predicted molar refractivity (Wildman–Crippen MR) is 76.7 cm³/mol. The molecule has 0 aliphatic rings. The number of hydrogen-bond acceptors (Lipinski definition) is 6. The third-order valence-electron chi connectivity index (χ3n) is 2.59. The van der Waals surface area contributed by atoms with Gasteiger partial charge in [0.15, 0.2) is 5.82 Å². The lowest BCUT2D eigenvalue weighted by molar-refractivity contribution is 0.197. The molecule has 1 heterocycles. The highest BCUT2D eigenvalue weighted by atomic mass is 16.5. The van der Waals surface area contributed by atoms with Crippen LogP contribution in [0.1, 0.15) is 33.0 Å². The number of nitrogens with zero attached hydrogens (tertiary/aromatic N) is 2. The highest BCUT2D eigenvalue weighted by molar-refractivity contribution is 5.67. The lowest BCUT2D eigenvalue weighted by atomic mass is 9.96. The van der Waals surface area contributed by atoms with Crippen molar-refractivity contribution in [2.75, 3.05) is 38.4 Å². The summed E-state index contributed by atoms with van der Waals surface area (Å²) in [6.45, 7) is 7.58. The van der Waals surface area contributed by atoms with Crippen LogP contribution >= 0.6 is 0 Å². The third kappa shape index (κ3) is 4.24. The highest BCUT2D eigenvalue weighted by Gasteiger charge is 2.21. The van der Waals surface area contributed by atoms with Crippen molar-refractivity contribution >= 4 is 11.5 Å². The number of hydrogen-bond donors (Lipinski definition) is 2. The molecule has 0 unspecified atom stereocenters. The molecule has 1 aromatic heterocycles. The van der Waals surface area contributed by atoms with Crippen molar-refractivity contribution in [2.24, 2.45) is 0 Å². The number of methoxy groups -OCH3 is 2. The minimum absolute atomic E-state index is 0.163. The zero-order valence-electron chi connectivity index (χ0n) is 12.4. The van der Waals surface area contributed by atoms with Crippen LogP contribution in [-0.4, -0.2) is 37.3 Å². The fourth-order valence-electron chi connectivity index (χ4n) is 1.50. The maximum Gasteiger partial charge on any atom is 0.242 e. The average molecular weight is 268 g/mol. The van der Waals surface area contributed by atoms with Crippen LogP contribution in [0.3, 0.4) is 0 Å². The molecule has 0 saturated heterocycles. The second-order valence-corrected chi connectivity index (χ2v) is 5.34. The summed E-state index contributed by atoms with van der Waals surface area (Å²) in [6.07, 6.45) is 0.882. The average Bonchev–Trinajstić information content (AvgIpc) is 2.35. The van der Waals surface area contributed by atoms with E-state index in [9.17, 15) is 0 Å². The van der Waals surface area contributed by atoms with Gasteiger partial charge < -0.3 is 20.5 Å². The summed E-state index contributed by atoms with van der Waals surface area (Å²) in [5.41, 5.74) is 6.25. The molecule has 0 bridgehead atoms. The molecule has 6 heteroatoms. The number of nitrogens with two attached hydrogens (primary N) is 1. The first-order chi connectivity index (χ1) is 8.90. The Morgan fingerprint density at radius 3 is 2.42 bits per heavy atom. The second-order valence-electron chi connectivity index (χ2n) is 5.34. The van der Waals surface area contributed by atoms with Gasteiger partial charge in [0.25, 0.3) is 0 Å². The van der Waals surface area contributed by atoms with Crippen LogP contribution in [-0.2, 0) is 10.2 Å². The monoisotopic (exact) mass is 268 g/mol. The molecule has 0 saturated carbocycles. The van der Waals surface area contributed by atoms with Crippen LogP contribution < -0.4 is 15.8 Å². The summed E-state index contributed by atoms with van der Waals surface area (Å²) in [6, 6.07) is 0. The minimum atomic E-state index is -0.163. The number of aromatic nitrogens is 2. The van der Waals surface area contributed by atoms with Crippen molar-refractivity contribution in [3.05, 3.63) is 5.82 Å². The number of nitrogens with one attached hydrogen (secondary N) is 1. The van der Waals surface area contributed by atoms with E-state index in [1.165, 1.54) is 0 Å². The van der Waals surface area contributed by atoms with Crippen LogP contribution in [0.2, 0.25) is 0 Å². The molecule has 0 spiro atoms. The number of rotatable bonds is 6. The second kappa shape index (κ2) is 6.56. The minimum Gasteiger partial charge on any atom is -0.479 e. The molecule has 0 amide bonds. The largest absolute Gasteiger partial charge is 0.479 e. The molecule has 1 aromatic rings. The zero-order chi connectivity index (χ0) is 14.5. The summed E-state index contributed by atoms with van der Waals surface area (Å²) in [5.74, 6) is 1.73. The van der Waals surface area contributed by atoms with Gasteiger partial charge >= 0.3 is 0 Å². The van der Waals surface area contributed by atoms with E-state index in [0.717, 1.165) is 13.0 Å². The Bertz CT molecular complexity index is 416. The van der Waals surface area contributed by atoms with Gasteiger partial charge in [0, 0.05) is 25.7 Å². The van der Waals surface area contributed by atoms with Gasteiger partial charge in [0.05, 0.1) is 7.11 Å². The Kier molecular flexibility index (Phi) is 5.35. The van der Waals surface area contributed by atoms with Gasteiger partial charge in [-0.25, -0.2) is 4.98 Å². The van der Waals surface area contributed by atoms with Crippen LogP contribution in [0.5, 0.6) is 5.88 Å². The Balaban J connectivity index is 2.95. The van der Waals surface area contributed by atoms with E-state index >= 15 is 0 Å². The first-order valence-electron chi connectivity index (χ1n) is 6.35. The fraction of sp³-hybridized carbons (Fsp3) is 0.692. The van der Waals surface area contributed by atoms with E-state index < -0.39 is 0 Å². The molecular weight excluding hydrogens is 244 g/mol. The summed E-state index contributed by atoms with van der Waals surface area (Å²) in [4.78, 5) is 8.83. The molecule has 0 aromatic carbocycles. The first kappa shape index (κ1) is 15.5. The van der Waals surface area contributed by atoms with Gasteiger partial charge in [0.2, 0.25) is 5.88 Å². The number of anilines is 2. The molecule has 0 aliphatic carbocycles. The molecule has 0 aliphatic heterocycles. The van der Waals surface area contributed by atoms with Crippen molar-refractivity contribution in [3.8, 4) is 5.88 Å². The normalized spacial score (nSPS) is 11.4. The predicted octanol–water partition coefficient (Wildman–Crippen LogP) is 1.81.